The first-order chi connectivity index (χ1) is 9.69. The molecule has 0 saturated carbocycles. The van der Waals surface area contributed by atoms with E-state index in [9.17, 15) is 0 Å². The van der Waals surface area contributed by atoms with E-state index in [2.05, 4.69) is 11.8 Å². The first-order valence-electron chi connectivity index (χ1n) is 7.10. The topological polar surface area (TPSA) is 71.6 Å². The van der Waals surface area contributed by atoms with Crippen LogP contribution in [0.2, 0.25) is 0 Å². The Labute approximate surface area is 120 Å². The normalized spacial score (nSPS) is 19.8. The van der Waals surface area contributed by atoms with E-state index < -0.39 is 0 Å². The lowest BCUT2D eigenvalue weighted by Gasteiger charge is -2.32. The zero-order valence-corrected chi connectivity index (χ0v) is 12.0. The summed E-state index contributed by atoms with van der Waals surface area (Å²) >= 11 is 0. The molecule has 0 radical (unpaired) electrons. The number of ether oxygens (including phenoxy) is 2. The van der Waals surface area contributed by atoms with Gasteiger partial charge in [0, 0.05) is 25.2 Å². The van der Waals surface area contributed by atoms with Gasteiger partial charge in [-0.3, -0.25) is 10.3 Å². The monoisotopic (exact) mass is 277 g/mol. The van der Waals surface area contributed by atoms with E-state index in [0.29, 0.717) is 12.7 Å². The van der Waals surface area contributed by atoms with E-state index in [1.165, 1.54) is 0 Å². The number of rotatable bonds is 6. The summed E-state index contributed by atoms with van der Waals surface area (Å²) in [5.74, 6) is 0.894. The predicted molar refractivity (Wildman–Crippen MR) is 79.4 cm³/mol. The average molecular weight is 277 g/mol. The second-order valence-corrected chi connectivity index (χ2v) is 4.99. The summed E-state index contributed by atoms with van der Waals surface area (Å²) in [6.07, 6.45) is 1.42. The number of hydrogen-bond acceptors (Lipinski definition) is 4. The molecule has 110 valence electrons. The molecule has 0 bridgehead atoms. The second kappa shape index (κ2) is 7.26. The van der Waals surface area contributed by atoms with Gasteiger partial charge in [-0.2, -0.15) is 0 Å². The largest absolute Gasteiger partial charge is 0.492 e. The van der Waals surface area contributed by atoms with Gasteiger partial charge >= 0.3 is 0 Å². The van der Waals surface area contributed by atoms with E-state index in [0.717, 1.165) is 44.0 Å². The molecule has 5 heteroatoms. The van der Waals surface area contributed by atoms with Gasteiger partial charge in [-0.1, -0.05) is 6.92 Å². The van der Waals surface area contributed by atoms with E-state index in [-0.39, 0.29) is 5.84 Å². The highest BCUT2D eigenvalue weighted by atomic mass is 16.5. The van der Waals surface area contributed by atoms with Crippen LogP contribution in [0.15, 0.2) is 24.3 Å². The van der Waals surface area contributed by atoms with Crippen molar-refractivity contribution in [3.05, 3.63) is 29.8 Å². The van der Waals surface area contributed by atoms with Crippen LogP contribution in [0.5, 0.6) is 5.75 Å². The molecular weight excluding hydrogens is 254 g/mol. The highest BCUT2D eigenvalue weighted by Gasteiger charge is 2.18. The minimum absolute atomic E-state index is 0.0791. The summed E-state index contributed by atoms with van der Waals surface area (Å²) < 4.78 is 11.4. The summed E-state index contributed by atoms with van der Waals surface area (Å²) in [6, 6.07) is 7.31. The van der Waals surface area contributed by atoms with Crippen LogP contribution in [0.25, 0.3) is 0 Å². The number of nitrogens with two attached hydrogens (primary N) is 1. The van der Waals surface area contributed by atoms with E-state index >= 15 is 0 Å². The molecule has 1 fully saturated rings. The number of nitrogens with zero attached hydrogens (tertiary/aromatic N) is 1. The molecule has 1 aliphatic heterocycles. The molecule has 1 saturated heterocycles. The van der Waals surface area contributed by atoms with Crippen LogP contribution in [0.3, 0.4) is 0 Å². The van der Waals surface area contributed by atoms with Crippen molar-refractivity contribution in [3.8, 4) is 5.75 Å². The van der Waals surface area contributed by atoms with Crippen molar-refractivity contribution in [2.45, 2.75) is 19.4 Å². The Bertz CT molecular complexity index is 433. The summed E-state index contributed by atoms with van der Waals surface area (Å²) in [6.45, 7) is 6.50. The van der Waals surface area contributed by atoms with E-state index in [1.807, 2.05) is 12.1 Å². The number of amidine groups is 1. The zero-order chi connectivity index (χ0) is 14.4. The number of hydrogen-bond donors (Lipinski definition) is 2. The van der Waals surface area contributed by atoms with Crippen LogP contribution in [-0.2, 0) is 4.74 Å². The van der Waals surface area contributed by atoms with Crippen molar-refractivity contribution in [3.63, 3.8) is 0 Å². The van der Waals surface area contributed by atoms with Gasteiger partial charge < -0.3 is 15.2 Å². The van der Waals surface area contributed by atoms with Crippen molar-refractivity contribution in [1.29, 1.82) is 5.41 Å². The molecule has 5 nitrogen and oxygen atoms in total. The second-order valence-electron chi connectivity index (χ2n) is 4.99. The fourth-order valence-corrected chi connectivity index (χ4v) is 2.25. The van der Waals surface area contributed by atoms with Crippen LogP contribution < -0.4 is 10.5 Å². The molecule has 0 amide bonds. The van der Waals surface area contributed by atoms with Gasteiger partial charge in [0.25, 0.3) is 0 Å². The third-order valence-corrected chi connectivity index (χ3v) is 3.52. The number of morpholine rings is 1. The Balaban J connectivity index is 1.74. The molecule has 1 atom stereocenters. The van der Waals surface area contributed by atoms with Gasteiger partial charge in [0.2, 0.25) is 0 Å². The number of benzene rings is 1. The van der Waals surface area contributed by atoms with Crippen molar-refractivity contribution in [1.82, 2.24) is 4.90 Å². The van der Waals surface area contributed by atoms with Crippen LogP contribution in [-0.4, -0.2) is 49.7 Å². The van der Waals surface area contributed by atoms with Gasteiger partial charge in [0.05, 0.1) is 12.7 Å². The molecule has 0 aliphatic carbocycles. The van der Waals surface area contributed by atoms with Crippen molar-refractivity contribution >= 4 is 5.84 Å². The zero-order valence-electron chi connectivity index (χ0n) is 12.0. The minimum atomic E-state index is 0.0791. The summed E-state index contributed by atoms with van der Waals surface area (Å²) in [7, 11) is 0. The quantitative estimate of drug-likeness (QED) is 0.610. The lowest BCUT2D eigenvalue weighted by Crippen LogP contribution is -2.43. The average Bonchev–Trinajstić information content (AvgIpc) is 2.48. The van der Waals surface area contributed by atoms with E-state index in [1.54, 1.807) is 12.1 Å². The standard InChI is InChI=1S/C15H23N3O2/c1-2-13-11-18(7-9-19-13)8-10-20-14-5-3-12(4-6-14)15(16)17/h3-6,13H,2,7-11H2,1H3,(H3,16,17). The van der Waals surface area contributed by atoms with Crippen LogP contribution in [0.4, 0.5) is 0 Å². The first-order valence-corrected chi connectivity index (χ1v) is 7.10. The Morgan fingerprint density at radius 2 is 2.20 bits per heavy atom. The van der Waals surface area contributed by atoms with Gasteiger partial charge in [-0.05, 0) is 30.7 Å². The summed E-state index contributed by atoms with van der Waals surface area (Å²) in [4.78, 5) is 2.38. The van der Waals surface area contributed by atoms with Crippen molar-refractivity contribution in [2.24, 2.45) is 5.73 Å². The summed E-state index contributed by atoms with van der Waals surface area (Å²) in [5.41, 5.74) is 6.13. The third-order valence-electron chi connectivity index (χ3n) is 3.52. The fourth-order valence-electron chi connectivity index (χ4n) is 2.25. The number of nitrogens with one attached hydrogen (secondary N) is 1. The Morgan fingerprint density at radius 3 is 2.85 bits per heavy atom. The third kappa shape index (κ3) is 4.21. The molecule has 1 aromatic rings. The SMILES string of the molecule is CCC1CN(CCOc2ccc(C(=N)N)cc2)CCO1. The van der Waals surface area contributed by atoms with Gasteiger partial charge in [0.1, 0.15) is 18.2 Å². The maximum absolute atomic E-state index is 7.33. The maximum Gasteiger partial charge on any atom is 0.122 e. The van der Waals surface area contributed by atoms with Crippen molar-refractivity contribution < 1.29 is 9.47 Å². The fraction of sp³-hybridized carbons (Fsp3) is 0.533. The molecule has 0 spiro atoms. The van der Waals surface area contributed by atoms with Gasteiger partial charge in [-0.25, -0.2) is 0 Å². The Kier molecular flexibility index (Phi) is 5.38. The highest BCUT2D eigenvalue weighted by molar-refractivity contribution is 5.94. The molecule has 20 heavy (non-hydrogen) atoms. The maximum atomic E-state index is 7.33. The minimum Gasteiger partial charge on any atom is -0.492 e. The molecule has 2 rings (SSSR count). The van der Waals surface area contributed by atoms with Gasteiger partial charge in [0.15, 0.2) is 0 Å². The molecule has 3 N–H and O–H groups in total. The van der Waals surface area contributed by atoms with Gasteiger partial charge in [-0.15, -0.1) is 0 Å². The Hall–Kier alpha value is -1.59. The Morgan fingerprint density at radius 1 is 1.45 bits per heavy atom. The smallest absolute Gasteiger partial charge is 0.122 e. The van der Waals surface area contributed by atoms with Crippen LogP contribution in [0.1, 0.15) is 18.9 Å². The lowest BCUT2D eigenvalue weighted by molar-refractivity contribution is -0.0324. The molecule has 1 aromatic carbocycles. The lowest BCUT2D eigenvalue weighted by atomic mass is 10.2. The highest BCUT2D eigenvalue weighted by Crippen LogP contribution is 2.12. The van der Waals surface area contributed by atoms with Crippen LogP contribution >= 0.6 is 0 Å². The van der Waals surface area contributed by atoms with Crippen LogP contribution in [0, 0.1) is 5.41 Å². The molecule has 1 aliphatic rings. The number of nitrogen functional groups attached to an aromatic ring is 1. The molecule has 0 aromatic heterocycles. The first kappa shape index (κ1) is 14.8. The summed E-state index contributed by atoms with van der Waals surface area (Å²) in [5, 5.41) is 7.33. The molecular formula is C15H23N3O2. The molecule has 1 heterocycles. The van der Waals surface area contributed by atoms with E-state index in [4.69, 9.17) is 20.6 Å². The predicted octanol–water partition coefficient (Wildman–Crippen LogP) is 1.46. The van der Waals surface area contributed by atoms with Crippen molar-refractivity contribution in [2.75, 3.05) is 32.8 Å². The molecule has 1 unspecified atom stereocenters.